The van der Waals surface area contributed by atoms with Gasteiger partial charge in [-0.2, -0.15) is 0 Å². The highest BCUT2D eigenvalue weighted by Gasteiger charge is 2.63. The van der Waals surface area contributed by atoms with Crippen molar-refractivity contribution in [2.45, 2.75) is 173 Å². The molecule has 4 saturated heterocycles. The predicted octanol–water partition coefficient (Wildman–Crippen LogP) is 5.92. The van der Waals surface area contributed by atoms with E-state index >= 15 is 0 Å². The molecule has 4 saturated carbocycles. The lowest BCUT2D eigenvalue weighted by Crippen LogP contribution is -2.49. The number of hydrogen-bond donors (Lipinski definition) is 16. The number of aliphatic hydroxyl groups excluding tert-OH is 8. The van der Waals surface area contributed by atoms with E-state index in [2.05, 4.69) is 21.3 Å². The van der Waals surface area contributed by atoms with Crippen molar-refractivity contribution in [2.75, 3.05) is 99.8 Å². The maximum Gasteiger partial charge on any atom is 0.224 e. The number of para-hydroxylation sites is 4. The molecule has 0 aromatic heterocycles. The van der Waals surface area contributed by atoms with Crippen LogP contribution < -0.4 is 40.2 Å². The number of aliphatic hydroxyl groups is 12. The Morgan fingerprint density at radius 2 is 0.500 bits per heavy atom. The van der Waals surface area contributed by atoms with Crippen molar-refractivity contribution in [2.24, 2.45) is 23.7 Å². The van der Waals surface area contributed by atoms with Crippen LogP contribution in [0, 0.1) is 23.7 Å². The first-order valence-corrected chi connectivity index (χ1v) is 43.5. The normalized spacial score (nSPS) is 31.1. The number of rotatable bonds is 20. The Labute approximate surface area is 719 Å². The molecule has 8 aromatic rings. The zero-order valence-electron chi connectivity index (χ0n) is 69.1. The van der Waals surface area contributed by atoms with Crippen LogP contribution in [-0.4, -0.2) is 254 Å². The highest BCUT2D eigenvalue weighted by molar-refractivity contribution is 5.96. The molecule has 8 heterocycles. The van der Waals surface area contributed by atoms with Gasteiger partial charge in [-0.1, -0.05) is 121 Å². The topological polar surface area (TPSA) is 409 Å². The smallest absolute Gasteiger partial charge is 0.224 e. The van der Waals surface area contributed by atoms with Crippen LogP contribution in [0.1, 0.15) is 120 Å². The summed E-state index contributed by atoms with van der Waals surface area (Å²) in [6.45, 7) is 5.08. The van der Waals surface area contributed by atoms with Gasteiger partial charge in [0.1, 0.15) is 94.2 Å². The Balaban J connectivity index is 0.000000117. The zero-order valence-corrected chi connectivity index (χ0v) is 69.1. The van der Waals surface area contributed by atoms with E-state index in [1.807, 2.05) is 214 Å². The lowest BCUT2D eigenvalue weighted by Gasteiger charge is -2.29. The fraction of sp³-hybridized carbons (Fsp3) is 0.458. The second-order valence-electron chi connectivity index (χ2n) is 36.1. The molecule has 28 nitrogen and oxygen atoms in total. The second-order valence-corrected chi connectivity index (χ2v) is 36.1. The first kappa shape index (κ1) is 86.3. The van der Waals surface area contributed by atoms with Crippen LogP contribution in [0.25, 0.3) is 0 Å². The number of anilines is 4. The van der Waals surface area contributed by atoms with Gasteiger partial charge in [-0.25, -0.2) is 0 Å². The Hall–Kier alpha value is -9.80. The highest BCUT2D eigenvalue weighted by atomic mass is 16.5. The molecule has 20 atom stereocenters. The van der Waals surface area contributed by atoms with E-state index in [4.69, 9.17) is 18.9 Å². The van der Waals surface area contributed by atoms with Gasteiger partial charge in [-0.15, -0.1) is 0 Å². The van der Waals surface area contributed by atoms with E-state index in [1.54, 1.807) is 0 Å². The summed E-state index contributed by atoms with van der Waals surface area (Å²) in [6.07, 6.45) is -1.76. The minimum absolute atomic E-state index is 0.0192. The molecule has 28 heteroatoms. The van der Waals surface area contributed by atoms with Gasteiger partial charge in [-0.05, 0) is 169 Å². The number of carbonyl (C=O) groups excluding carboxylic acids is 4. The van der Waals surface area contributed by atoms with Crippen LogP contribution in [0.4, 0.5) is 22.7 Å². The van der Waals surface area contributed by atoms with Gasteiger partial charge in [0.25, 0.3) is 0 Å². The number of carbonyl (C=O) groups is 4. The average molecular weight is 1700 g/mol. The molecule has 16 N–H and O–H groups in total. The van der Waals surface area contributed by atoms with Crippen molar-refractivity contribution in [3.63, 3.8) is 0 Å². The van der Waals surface area contributed by atoms with Gasteiger partial charge in [0.05, 0.1) is 24.4 Å². The van der Waals surface area contributed by atoms with E-state index < -0.39 is 95.7 Å². The second kappa shape index (κ2) is 36.3. The number of ether oxygens (including phenoxy) is 4. The summed E-state index contributed by atoms with van der Waals surface area (Å²) >= 11 is 0. The fourth-order valence-electron chi connectivity index (χ4n) is 21.0. The Morgan fingerprint density at radius 1 is 0.298 bits per heavy atom. The van der Waals surface area contributed by atoms with Crippen molar-refractivity contribution < 1.29 is 99.4 Å². The molecule has 0 spiro atoms. The van der Waals surface area contributed by atoms with Crippen LogP contribution in [0.5, 0.6) is 23.0 Å². The fourth-order valence-corrected chi connectivity index (χ4v) is 21.0. The zero-order chi connectivity index (χ0) is 86.3. The van der Waals surface area contributed by atoms with Gasteiger partial charge in [-0.3, -0.25) is 38.8 Å². The van der Waals surface area contributed by atoms with Gasteiger partial charge in [0.2, 0.25) is 23.6 Å². The number of nitrogens with zero attached hydrogens (tertiary/aromatic N) is 4. The summed E-state index contributed by atoms with van der Waals surface area (Å²) < 4.78 is 23.7. The lowest BCUT2D eigenvalue weighted by atomic mass is 9.93. The van der Waals surface area contributed by atoms with Crippen LogP contribution in [-0.2, 0) is 44.9 Å². The standard InChI is InChI=1S/4C24H28N2O5/c4*27-20(16-6-8-19-15(10-16)7-9-22(28)25-19)13-26-12-17-11-21(23(29)24(17,30)14-26)31-18-4-2-1-3-5-18/h4*1-6,8,10,17,20-21,23,27,29-30H,7,9,11-14H2,(H,25,28)/t2*17-,20+,21+,23+,24-;2*17-,20-,21+,23+,24-/m1010/s1. The summed E-state index contributed by atoms with van der Waals surface area (Å²) in [7, 11) is 0. The molecule has 0 unspecified atom stereocenters. The molecule has 4 amide bonds. The largest absolute Gasteiger partial charge is 0.488 e. The molecular formula is C96H112N8O20. The molecule has 20 rings (SSSR count). The maximum absolute atomic E-state index is 11.5. The Bertz CT molecular complexity index is 4500. The quantitative estimate of drug-likeness (QED) is 0.0421. The van der Waals surface area contributed by atoms with E-state index in [1.165, 1.54) is 0 Å². The minimum Gasteiger partial charge on any atom is -0.488 e. The van der Waals surface area contributed by atoms with Gasteiger partial charge in [0, 0.05) is 151 Å². The van der Waals surface area contributed by atoms with E-state index in [0.717, 1.165) is 67.3 Å². The number of β-amino-alcohol motifs (C(OH)–C–C–N with tert-alkyl or cyclic N) is 8. The van der Waals surface area contributed by atoms with Crippen molar-refractivity contribution in [1.82, 2.24) is 19.6 Å². The van der Waals surface area contributed by atoms with E-state index in [9.17, 15) is 80.5 Å². The van der Waals surface area contributed by atoms with Crippen LogP contribution in [0.2, 0.25) is 0 Å². The first-order valence-electron chi connectivity index (χ1n) is 43.5. The molecule has 124 heavy (non-hydrogen) atoms. The van der Waals surface area contributed by atoms with Crippen LogP contribution in [0.15, 0.2) is 194 Å². The van der Waals surface area contributed by atoms with E-state index in [0.29, 0.717) is 179 Å². The average Bonchev–Trinajstić information content (AvgIpc) is 1.60. The lowest BCUT2D eigenvalue weighted by molar-refractivity contribution is -0.117. The molecule has 0 radical (unpaired) electrons. The van der Waals surface area contributed by atoms with Crippen molar-refractivity contribution >= 4 is 46.4 Å². The van der Waals surface area contributed by atoms with E-state index in [-0.39, 0.29) is 47.3 Å². The molecule has 4 aliphatic carbocycles. The van der Waals surface area contributed by atoms with Crippen LogP contribution >= 0.6 is 0 Å². The summed E-state index contributed by atoms with van der Waals surface area (Å²) in [6, 6.07) is 59.9. The van der Waals surface area contributed by atoms with Gasteiger partial charge < -0.3 is 101 Å². The van der Waals surface area contributed by atoms with Crippen molar-refractivity contribution in [3.8, 4) is 23.0 Å². The molecule has 0 bridgehead atoms. The Morgan fingerprint density at radius 3 is 0.694 bits per heavy atom. The first-order chi connectivity index (χ1) is 59.7. The predicted molar refractivity (Wildman–Crippen MR) is 459 cm³/mol. The summed E-state index contributed by atoms with van der Waals surface area (Å²) in [5.41, 5.74) is 5.60. The maximum atomic E-state index is 11.5. The number of fused-ring (bicyclic) bond motifs is 8. The number of likely N-dealkylation sites (tertiary alicyclic amines) is 4. The molecule has 8 aliphatic heterocycles. The number of amides is 4. The number of nitrogens with one attached hydrogen (secondary N) is 4. The number of aryl methyl sites for hydroxylation is 4. The van der Waals surface area contributed by atoms with Crippen molar-refractivity contribution in [1.29, 1.82) is 0 Å². The summed E-state index contributed by atoms with van der Waals surface area (Å²) in [5.74, 6) is 2.38. The Kier molecular flexibility index (Phi) is 25.3. The molecule has 12 aliphatic rings. The third-order valence-corrected chi connectivity index (χ3v) is 27.7. The van der Waals surface area contributed by atoms with Crippen LogP contribution in [0.3, 0.4) is 0 Å². The molecule has 8 fully saturated rings. The minimum atomic E-state index is -1.24. The van der Waals surface area contributed by atoms with Gasteiger partial charge in [0.15, 0.2) is 0 Å². The monoisotopic (exact) mass is 1700 g/mol. The van der Waals surface area contributed by atoms with Crippen molar-refractivity contribution in [3.05, 3.63) is 239 Å². The van der Waals surface area contributed by atoms with Gasteiger partial charge >= 0.3 is 0 Å². The third kappa shape index (κ3) is 18.5. The highest BCUT2D eigenvalue weighted by Crippen LogP contribution is 2.49. The SMILES string of the molecule is O=C1CCc2cc([C@@H](O)CN3C[C@@H]4C[C@@H](Oc5ccccc5)[C@@H](O)[C@]4(O)C3)ccc2N1.O=C1CCc2cc([C@@H](O)CN3C[C@H]4C[C@H](Oc5ccccc5)[C@H](O)[C@@]4(O)C3)ccc2N1.O=C1CCc2cc([C@H](O)CN3C[C@@H]4C[C@@H](Oc5ccccc5)[C@@H](O)[C@]4(O)C3)ccc2N1.O=C1CCc2cc([C@H](O)CN3C[C@H]4C[C@H](Oc5ccccc5)[C@H](O)[C@@]4(O)C3)ccc2N1. The molecule has 656 valence electrons. The third-order valence-electron chi connectivity index (χ3n) is 27.7. The number of benzene rings is 8. The molecule has 8 aromatic carbocycles. The summed E-state index contributed by atoms with van der Waals surface area (Å²) in [4.78, 5) is 54.2. The summed E-state index contributed by atoms with van der Waals surface area (Å²) in [5, 5.41) is 143. The molecular weight excluding hydrogens is 1590 g/mol. The number of hydrogen-bond acceptors (Lipinski definition) is 24.